The molecule has 35 heavy (non-hydrogen) atoms. The van der Waals surface area contributed by atoms with Gasteiger partial charge in [0.2, 0.25) is 0 Å². The van der Waals surface area contributed by atoms with Crippen molar-refractivity contribution in [2.75, 3.05) is 31.3 Å². The van der Waals surface area contributed by atoms with Crippen molar-refractivity contribution in [1.29, 1.82) is 0 Å². The predicted octanol–water partition coefficient (Wildman–Crippen LogP) is 4.80. The van der Waals surface area contributed by atoms with Crippen LogP contribution in [0, 0.1) is 0 Å². The third-order valence-corrected chi connectivity index (χ3v) is 12.4. The van der Waals surface area contributed by atoms with Crippen LogP contribution in [0.25, 0.3) is 0 Å². The maximum Gasteiger partial charge on any atom is 0.256 e. The number of aromatic nitrogens is 1. The van der Waals surface area contributed by atoms with E-state index < -0.39 is 8.32 Å². The summed E-state index contributed by atoms with van der Waals surface area (Å²) in [4.78, 5) is 31.4. The molecular weight excluding hydrogens is 480 g/mol. The van der Waals surface area contributed by atoms with Crippen LogP contribution in [0.15, 0.2) is 36.5 Å². The lowest BCUT2D eigenvalue weighted by Crippen LogP contribution is -2.49. The molecule has 9 heteroatoms. The number of phenolic OH excluding ortho intramolecular Hbond substituents is 1. The number of carbonyl (C=O) groups excluding carboxylic acids is 2. The minimum absolute atomic E-state index is 0.0687. The highest BCUT2D eigenvalue weighted by Crippen LogP contribution is 2.36. The molecule has 1 N–H and O–H groups in total. The van der Waals surface area contributed by atoms with Crippen LogP contribution >= 0.6 is 11.8 Å². The smallest absolute Gasteiger partial charge is 0.256 e. The van der Waals surface area contributed by atoms with Gasteiger partial charge in [-0.25, -0.2) is 0 Å². The number of rotatable bonds is 9. The molecule has 3 rings (SSSR count). The second-order valence-electron chi connectivity index (χ2n) is 10.2. The van der Waals surface area contributed by atoms with Gasteiger partial charge in [-0.15, -0.1) is 0 Å². The predicted molar refractivity (Wildman–Crippen MR) is 142 cm³/mol. The molecule has 7 nitrogen and oxygen atoms in total. The third kappa shape index (κ3) is 6.65. The lowest BCUT2D eigenvalue weighted by Gasteiger charge is -2.36. The number of ether oxygens (including phenoxy) is 1. The monoisotopic (exact) mass is 516 g/mol. The van der Waals surface area contributed by atoms with Gasteiger partial charge in [0.1, 0.15) is 18.1 Å². The lowest BCUT2D eigenvalue weighted by molar-refractivity contribution is 0.0645. The second kappa shape index (κ2) is 11.6. The Hall–Kier alpha value is -2.36. The summed E-state index contributed by atoms with van der Waals surface area (Å²) in [7, 11) is -1.89. The molecule has 0 bridgehead atoms. The summed E-state index contributed by atoms with van der Waals surface area (Å²) in [5, 5.41) is 10.0. The Labute approximate surface area is 213 Å². The van der Waals surface area contributed by atoms with Gasteiger partial charge in [0.25, 0.3) is 5.91 Å². The molecule has 0 saturated carbocycles. The van der Waals surface area contributed by atoms with Crippen LogP contribution in [0.3, 0.4) is 0 Å². The van der Waals surface area contributed by atoms with Crippen LogP contribution in [-0.2, 0) is 10.8 Å². The number of pyridine rings is 1. The molecule has 1 aromatic carbocycles. The zero-order valence-electron chi connectivity index (χ0n) is 21.2. The molecule has 0 spiro atoms. The first-order chi connectivity index (χ1) is 16.5. The average Bonchev–Trinajstić information content (AvgIpc) is 2.82. The van der Waals surface area contributed by atoms with Gasteiger partial charge < -0.3 is 19.2 Å². The molecule has 2 aromatic rings. The molecule has 1 amide bonds. The molecule has 1 aliphatic rings. The van der Waals surface area contributed by atoms with Crippen molar-refractivity contribution >= 4 is 32.3 Å². The zero-order chi connectivity index (χ0) is 25.6. The van der Waals surface area contributed by atoms with Gasteiger partial charge in [-0.3, -0.25) is 14.6 Å². The Balaban J connectivity index is 1.71. The third-order valence-electron chi connectivity index (χ3n) is 6.81. The first kappa shape index (κ1) is 27.2. The highest BCUT2D eigenvalue weighted by Gasteiger charge is 2.37. The number of benzene rings is 1. The summed E-state index contributed by atoms with van der Waals surface area (Å²) in [6, 6.07) is 8.17. The van der Waals surface area contributed by atoms with Gasteiger partial charge in [0.15, 0.2) is 14.6 Å². The fourth-order valence-corrected chi connectivity index (χ4v) is 5.72. The molecule has 1 atom stereocenters. The van der Waals surface area contributed by atoms with Crippen molar-refractivity contribution in [3.05, 3.63) is 53.3 Å². The number of aromatic hydroxyl groups is 1. The molecule has 1 fully saturated rings. The minimum atomic E-state index is -1.89. The molecule has 1 saturated heterocycles. The average molecular weight is 517 g/mol. The normalized spacial score (nSPS) is 16.7. The number of carbonyl (C=O) groups is 2. The van der Waals surface area contributed by atoms with Crippen LogP contribution < -0.4 is 4.74 Å². The van der Waals surface area contributed by atoms with E-state index in [0.29, 0.717) is 37.2 Å². The largest absolute Gasteiger partial charge is 0.507 e. The fraction of sp³-hybridized carbons (Fsp3) is 0.500. The number of amides is 1. The topological polar surface area (TPSA) is 89.0 Å². The number of hydrogen-bond acceptors (Lipinski definition) is 7. The van der Waals surface area contributed by atoms with E-state index in [1.54, 1.807) is 36.2 Å². The number of nitrogens with zero attached hydrogens (tertiary/aromatic N) is 2. The minimum Gasteiger partial charge on any atom is -0.507 e. The van der Waals surface area contributed by atoms with Crippen LogP contribution in [0.1, 0.15) is 47.2 Å². The number of thioether (sulfide) groups is 1. The van der Waals surface area contributed by atoms with Crippen LogP contribution in [-0.4, -0.2) is 72.8 Å². The molecule has 190 valence electrons. The van der Waals surface area contributed by atoms with Gasteiger partial charge in [-0.05, 0) is 42.4 Å². The van der Waals surface area contributed by atoms with Gasteiger partial charge in [0.05, 0.1) is 22.9 Å². The number of hydrogen-bond donors (Lipinski definition) is 1. The van der Waals surface area contributed by atoms with E-state index in [-0.39, 0.29) is 34.9 Å². The van der Waals surface area contributed by atoms with Crippen LogP contribution in [0.2, 0.25) is 18.1 Å². The highest BCUT2D eigenvalue weighted by molar-refractivity contribution is 7.99. The maximum absolute atomic E-state index is 13.6. The van der Waals surface area contributed by atoms with Crippen molar-refractivity contribution in [1.82, 2.24) is 9.88 Å². The van der Waals surface area contributed by atoms with Crippen molar-refractivity contribution in [2.24, 2.45) is 0 Å². The fourth-order valence-electron chi connectivity index (χ4n) is 3.63. The molecular formula is C26H36N2O5SSi. The molecule has 1 aliphatic heterocycles. The zero-order valence-corrected chi connectivity index (χ0v) is 23.1. The molecule has 1 aromatic heterocycles. The summed E-state index contributed by atoms with van der Waals surface area (Å²) in [5.41, 5.74) is 1.45. The summed E-state index contributed by atoms with van der Waals surface area (Å²) >= 11 is 1.77. The first-order valence-electron chi connectivity index (χ1n) is 11.9. The quantitative estimate of drug-likeness (QED) is 0.378. The van der Waals surface area contributed by atoms with E-state index in [1.165, 1.54) is 6.07 Å². The van der Waals surface area contributed by atoms with Gasteiger partial charge in [0, 0.05) is 37.3 Å². The Morgan fingerprint density at radius 2 is 2.06 bits per heavy atom. The van der Waals surface area contributed by atoms with Gasteiger partial charge in [-0.1, -0.05) is 26.8 Å². The Morgan fingerprint density at radius 1 is 1.29 bits per heavy atom. The molecule has 1 unspecified atom stereocenters. The van der Waals surface area contributed by atoms with E-state index in [2.05, 4.69) is 38.8 Å². The summed E-state index contributed by atoms with van der Waals surface area (Å²) in [5.74, 6) is 1.69. The van der Waals surface area contributed by atoms with Gasteiger partial charge >= 0.3 is 0 Å². The Morgan fingerprint density at radius 3 is 2.77 bits per heavy atom. The van der Waals surface area contributed by atoms with Crippen molar-refractivity contribution in [2.45, 2.75) is 51.4 Å². The van der Waals surface area contributed by atoms with E-state index in [4.69, 9.17) is 9.16 Å². The summed E-state index contributed by atoms with van der Waals surface area (Å²) in [6.07, 6.45) is 2.87. The number of phenols is 1. The van der Waals surface area contributed by atoms with Crippen molar-refractivity contribution in [3.63, 3.8) is 0 Å². The van der Waals surface area contributed by atoms with Crippen LogP contribution in [0.4, 0.5) is 0 Å². The summed E-state index contributed by atoms with van der Waals surface area (Å²) < 4.78 is 12.2. The SMILES string of the molecule is CC(C)(C)[Si](C)(C)OCCc1ncccc1C(=O)N1CCSCC1COc1cccc(O)c1C=O. The molecule has 0 radical (unpaired) electrons. The van der Waals surface area contributed by atoms with E-state index in [1.807, 2.05) is 11.0 Å². The van der Waals surface area contributed by atoms with Crippen molar-refractivity contribution < 1.29 is 23.9 Å². The molecule has 0 aliphatic carbocycles. The van der Waals surface area contributed by atoms with Crippen molar-refractivity contribution in [3.8, 4) is 11.5 Å². The Kier molecular flexibility index (Phi) is 9.01. The summed E-state index contributed by atoms with van der Waals surface area (Å²) in [6.45, 7) is 12.4. The first-order valence-corrected chi connectivity index (χ1v) is 16.0. The van der Waals surface area contributed by atoms with E-state index in [9.17, 15) is 14.7 Å². The standard InChI is InChI=1S/C26H36N2O5SSi/c1-26(2,3)35(4,5)33-14-11-22-20(8-7-12-27-22)25(31)28-13-15-34-18-19(28)17-32-24-10-6-9-23(30)21(24)16-29/h6-10,12,16,19,30H,11,13-15,17-18H2,1-5H3. The van der Waals surface area contributed by atoms with Gasteiger partial charge in [-0.2, -0.15) is 11.8 Å². The second-order valence-corrected chi connectivity index (χ2v) is 16.2. The molecule has 2 heterocycles. The highest BCUT2D eigenvalue weighted by atomic mass is 32.2. The number of aldehydes is 1. The Bertz CT molecular complexity index is 1040. The van der Waals surface area contributed by atoms with Crippen LogP contribution in [0.5, 0.6) is 11.5 Å². The lowest BCUT2D eigenvalue weighted by atomic mass is 10.1. The van der Waals surface area contributed by atoms with E-state index in [0.717, 1.165) is 17.2 Å². The van der Waals surface area contributed by atoms with E-state index >= 15 is 0 Å². The maximum atomic E-state index is 13.6.